The predicted molar refractivity (Wildman–Crippen MR) is 90.6 cm³/mol. The van der Waals surface area contributed by atoms with Gasteiger partial charge in [-0.1, -0.05) is 41.0 Å². The summed E-state index contributed by atoms with van der Waals surface area (Å²) in [6, 6.07) is 0. The zero-order valence-corrected chi connectivity index (χ0v) is 15.2. The smallest absolute Gasteiger partial charge is 0.143 e. The van der Waals surface area contributed by atoms with Crippen molar-refractivity contribution in [2.24, 2.45) is 10.8 Å². The lowest BCUT2D eigenvalue weighted by Gasteiger charge is -2.38. The highest BCUT2D eigenvalue weighted by Gasteiger charge is 2.28. The van der Waals surface area contributed by atoms with Gasteiger partial charge in [0.15, 0.2) is 0 Å². The molecule has 0 aromatic rings. The van der Waals surface area contributed by atoms with E-state index in [1.807, 2.05) is 0 Å². The maximum Gasteiger partial charge on any atom is 0.143 e. The highest BCUT2D eigenvalue weighted by Crippen LogP contribution is 2.38. The van der Waals surface area contributed by atoms with Crippen LogP contribution in [0.4, 0.5) is 0 Å². The maximum atomic E-state index is 11.2. The van der Waals surface area contributed by atoms with Crippen LogP contribution in [0, 0.1) is 10.8 Å². The van der Waals surface area contributed by atoms with Gasteiger partial charge in [0.05, 0.1) is 6.54 Å². The minimum absolute atomic E-state index is 0.284. The number of piperazine rings is 1. The summed E-state index contributed by atoms with van der Waals surface area (Å²) in [5.74, 6) is 0.284. The third kappa shape index (κ3) is 7.42. The number of Topliss-reactive ketones (excluding diaryl/α,β-unsaturated/α-hetero) is 1. The van der Waals surface area contributed by atoms with Crippen LogP contribution in [0.2, 0.25) is 0 Å². The first-order chi connectivity index (χ1) is 9.63. The molecule has 0 spiro atoms. The Morgan fingerprint density at radius 1 is 0.952 bits per heavy atom. The molecule has 0 aromatic heterocycles. The van der Waals surface area contributed by atoms with Crippen molar-refractivity contribution in [3.05, 3.63) is 0 Å². The Morgan fingerprint density at radius 3 is 1.95 bits per heavy atom. The van der Waals surface area contributed by atoms with E-state index in [4.69, 9.17) is 0 Å². The molecule has 0 aromatic carbocycles. The van der Waals surface area contributed by atoms with Crippen molar-refractivity contribution in [3.63, 3.8) is 0 Å². The fourth-order valence-corrected chi connectivity index (χ4v) is 3.46. The largest absolute Gasteiger partial charge is 0.301 e. The van der Waals surface area contributed by atoms with E-state index in [-0.39, 0.29) is 5.78 Å². The molecule has 0 saturated carbocycles. The van der Waals surface area contributed by atoms with Gasteiger partial charge in [0.25, 0.3) is 0 Å². The molecule has 0 aliphatic carbocycles. The van der Waals surface area contributed by atoms with Crippen LogP contribution in [0.25, 0.3) is 0 Å². The van der Waals surface area contributed by atoms with Crippen molar-refractivity contribution in [1.82, 2.24) is 9.80 Å². The quantitative estimate of drug-likeness (QED) is 0.685. The second-order valence-corrected chi connectivity index (χ2v) is 8.43. The Kier molecular flexibility index (Phi) is 6.86. The fraction of sp³-hybridized carbons (Fsp3) is 0.944. The van der Waals surface area contributed by atoms with Crippen LogP contribution in [0.1, 0.15) is 60.8 Å². The van der Waals surface area contributed by atoms with Crippen molar-refractivity contribution in [2.75, 3.05) is 39.3 Å². The molecule has 3 heteroatoms. The summed E-state index contributed by atoms with van der Waals surface area (Å²) in [6.45, 7) is 19.7. The minimum atomic E-state index is 0.284. The first-order valence-corrected chi connectivity index (χ1v) is 8.58. The fourth-order valence-electron chi connectivity index (χ4n) is 3.46. The second-order valence-electron chi connectivity index (χ2n) is 8.43. The molecule has 124 valence electrons. The Hall–Kier alpha value is -0.410. The zero-order valence-electron chi connectivity index (χ0n) is 15.2. The Balaban J connectivity index is 2.31. The molecule has 0 bridgehead atoms. The molecule has 1 fully saturated rings. The van der Waals surface area contributed by atoms with Crippen molar-refractivity contribution in [1.29, 1.82) is 0 Å². The van der Waals surface area contributed by atoms with Gasteiger partial charge in [-0.05, 0) is 37.1 Å². The van der Waals surface area contributed by atoms with Gasteiger partial charge in [0.2, 0.25) is 0 Å². The Morgan fingerprint density at radius 2 is 1.48 bits per heavy atom. The molecule has 0 N–H and O–H groups in total. The van der Waals surface area contributed by atoms with Gasteiger partial charge in [-0.25, -0.2) is 0 Å². The lowest BCUT2D eigenvalue weighted by Crippen LogP contribution is -2.48. The molecular formula is C18H36N2O. The molecule has 3 nitrogen and oxygen atoms in total. The molecule has 0 atom stereocenters. The molecule has 0 amide bonds. The summed E-state index contributed by atoms with van der Waals surface area (Å²) in [5.41, 5.74) is 0.861. The van der Waals surface area contributed by atoms with E-state index in [1.54, 1.807) is 6.92 Å². The van der Waals surface area contributed by atoms with Crippen LogP contribution in [-0.2, 0) is 4.79 Å². The molecule has 0 radical (unpaired) electrons. The van der Waals surface area contributed by atoms with Gasteiger partial charge in [-0.3, -0.25) is 9.69 Å². The molecule has 1 saturated heterocycles. The molecule has 21 heavy (non-hydrogen) atoms. The number of carbonyl (C=O) groups excluding carboxylic acids is 1. The average Bonchev–Trinajstić information content (AvgIpc) is 2.36. The number of hydrogen-bond donors (Lipinski definition) is 0. The van der Waals surface area contributed by atoms with Gasteiger partial charge < -0.3 is 4.90 Å². The van der Waals surface area contributed by atoms with Gasteiger partial charge >= 0.3 is 0 Å². The van der Waals surface area contributed by atoms with Crippen molar-refractivity contribution in [2.45, 2.75) is 60.8 Å². The summed E-state index contributed by atoms with van der Waals surface area (Å²) < 4.78 is 0. The van der Waals surface area contributed by atoms with Gasteiger partial charge in [-0.15, -0.1) is 0 Å². The first kappa shape index (κ1) is 18.6. The summed E-state index contributed by atoms with van der Waals surface area (Å²) in [7, 11) is 0. The molecular weight excluding hydrogens is 260 g/mol. The number of ketones is 1. The molecule has 1 aliphatic rings. The normalized spacial score (nSPS) is 19.0. The van der Waals surface area contributed by atoms with E-state index in [0.29, 0.717) is 17.4 Å². The average molecular weight is 296 g/mol. The third-order valence-electron chi connectivity index (χ3n) is 4.93. The van der Waals surface area contributed by atoms with Crippen molar-refractivity contribution >= 4 is 5.78 Å². The highest BCUT2D eigenvalue weighted by molar-refractivity contribution is 5.77. The van der Waals surface area contributed by atoms with E-state index in [1.165, 1.54) is 25.8 Å². The maximum absolute atomic E-state index is 11.2. The molecule has 1 heterocycles. The summed E-state index contributed by atoms with van der Waals surface area (Å²) in [5, 5.41) is 0. The van der Waals surface area contributed by atoms with E-state index in [9.17, 15) is 4.79 Å². The third-order valence-corrected chi connectivity index (χ3v) is 4.93. The Labute approximate surface area is 132 Å². The van der Waals surface area contributed by atoms with Gasteiger partial charge in [0.1, 0.15) is 5.78 Å². The first-order valence-electron chi connectivity index (χ1n) is 8.58. The van der Waals surface area contributed by atoms with Crippen LogP contribution in [0.5, 0.6) is 0 Å². The van der Waals surface area contributed by atoms with Crippen molar-refractivity contribution < 1.29 is 4.79 Å². The molecule has 1 aliphatic heterocycles. The highest BCUT2D eigenvalue weighted by atomic mass is 16.1. The molecule has 1 rings (SSSR count). The van der Waals surface area contributed by atoms with Crippen LogP contribution >= 0.6 is 0 Å². The minimum Gasteiger partial charge on any atom is -0.301 e. The summed E-state index contributed by atoms with van der Waals surface area (Å²) in [4.78, 5) is 16.0. The lowest BCUT2D eigenvalue weighted by atomic mass is 9.72. The predicted octanol–water partition coefficient (Wildman–Crippen LogP) is 3.44. The molecule has 0 unspecified atom stereocenters. The number of hydrogen-bond acceptors (Lipinski definition) is 3. The van der Waals surface area contributed by atoms with Gasteiger partial charge in [-0.2, -0.15) is 0 Å². The van der Waals surface area contributed by atoms with Gasteiger partial charge in [0, 0.05) is 26.2 Å². The zero-order chi connectivity index (χ0) is 16.1. The Bertz CT molecular complexity index is 328. The standard InChI is InChI=1S/C18H36N2O/c1-7-17(3,4)15-18(5,6)8-9-19-10-12-20(13-11-19)14-16(2)21/h7-15H2,1-6H3. The second kappa shape index (κ2) is 7.73. The monoisotopic (exact) mass is 296 g/mol. The number of carbonyl (C=O) groups is 1. The van der Waals surface area contributed by atoms with E-state index in [2.05, 4.69) is 44.4 Å². The van der Waals surface area contributed by atoms with Crippen LogP contribution in [0.3, 0.4) is 0 Å². The number of rotatable bonds is 8. The summed E-state index contributed by atoms with van der Waals surface area (Å²) in [6.07, 6.45) is 3.81. The van der Waals surface area contributed by atoms with Crippen LogP contribution < -0.4 is 0 Å². The van der Waals surface area contributed by atoms with Crippen LogP contribution in [-0.4, -0.2) is 54.9 Å². The summed E-state index contributed by atoms with van der Waals surface area (Å²) >= 11 is 0. The van der Waals surface area contributed by atoms with E-state index in [0.717, 1.165) is 26.2 Å². The topological polar surface area (TPSA) is 23.6 Å². The lowest BCUT2D eigenvalue weighted by molar-refractivity contribution is -0.118. The van der Waals surface area contributed by atoms with Crippen molar-refractivity contribution in [3.8, 4) is 0 Å². The number of nitrogens with zero attached hydrogens (tertiary/aromatic N) is 2. The SMILES string of the molecule is CCC(C)(C)CC(C)(C)CCN1CCN(CC(C)=O)CC1. The van der Waals surface area contributed by atoms with E-state index >= 15 is 0 Å². The van der Waals surface area contributed by atoms with Crippen LogP contribution in [0.15, 0.2) is 0 Å². The van der Waals surface area contributed by atoms with E-state index < -0.39 is 0 Å².